The molecule has 0 saturated heterocycles. The van der Waals surface area contributed by atoms with E-state index < -0.39 is 5.97 Å². The summed E-state index contributed by atoms with van der Waals surface area (Å²) in [6.45, 7) is 0. The fourth-order valence-corrected chi connectivity index (χ4v) is 3.35. The summed E-state index contributed by atoms with van der Waals surface area (Å²) in [5.41, 5.74) is 3.12. The molecule has 0 aliphatic carbocycles. The second kappa shape index (κ2) is 12.1. The van der Waals surface area contributed by atoms with Crippen molar-refractivity contribution >= 4 is 5.97 Å². The zero-order valence-electron chi connectivity index (χ0n) is 21.0. The highest BCUT2D eigenvalue weighted by Crippen LogP contribution is 2.38. The summed E-state index contributed by atoms with van der Waals surface area (Å²) >= 11 is 0. The fourth-order valence-electron chi connectivity index (χ4n) is 3.35. The van der Waals surface area contributed by atoms with Gasteiger partial charge in [0.05, 0.1) is 42.7 Å². The van der Waals surface area contributed by atoms with Crippen LogP contribution in [-0.2, 0) is 4.74 Å². The Kier molecular flexibility index (Phi) is 8.69. The number of carbonyl (C=O) groups excluding carboxylic acids is 1. The Bertz CT molecular complexity index is 1360. The number of hydrogen-bond donors (Lipinski definition) is 0. The third kappa shape index (κ3) is 6.02. The molecule has 7 nitrogen and oxygen atoms in total. The van der Waals surface area contributed by atoms with Crippen LogP contribution >= 0.6 is 0 Å². The van der Waals surface area contributed by atoms with Crippen LogP contribution in [0.15, 0.2) is 48.5 Å². The van der Waals surface area contributed by atoms with Crippen LogP contribution in [0.2, 0.25) is 0 Å². The van der Waals surface area contributed by atoms with Crippen molar-refractivity contribution in [1.82, 2.24) is 0 Å². The molecule has 36 heavy (non-hydrogen) atoms. The molecule has 0 unspecified atom stereocenters. The smallest absolute Gasteiger partial charge is 0.341 e. The molecule has 0 aliphatic heterocycles. The SMILES string of the molecule is COC(=O)c1ccc(C#Cc2cc(C#Cc3cc(OC)c(OC)c(OC)c3)cc(OC)c2)cc1OC. The van der Waals surface area contributed by atoms with Gasteiger partial charge in [0.1, 0.15) is 17.1 Å². The number of ether oxygens (including phenoxy) is 6. The van der Waals surface area contributed by atoms with Gasteiger partial charge in [-0.1, -0.05) is 23.7 Å². The molecular formula is C29H26O7. The Morgan fingerprint density at radius 2 is 1.06 bits per heavy atom. The Labute approximate surface area is 210 Å². The first-order chi connectivity index (χ1) is 17.5. The second-order valence-corrected chi connectivity index (χ2v) is 7.27. The maximum Gasteiger partial charge on any atom is 0.341 e. The van der Waals surface area contributed by atoms with Crippen LogP contribution in [0.5, 0.6) is 28.7 Å². The van der Waals surface area contributed by atoms with E-state index in [9.17, 15) is 4.79 Å². The van der Waals surface area contributed by atoms with Crippen molar-refractivity contribution in [2.75, 3.05) is 42.7 Å². The summed E-state index contributed by atoms with van der Waals surface area (Å²) in [6, 6.07) is 14.1. The molecule has 0 atom stereocenters. The van der Waals surface area contributed by atoms with E-state index in [2.05, 4.69) is 23.7 Å². The molecule has 0 spiro atoms. The molecule has 3 rings (SSSR count). The zero-order valence-corrected chi connectivity index (χ0v) is 21.0. The van der Waals surface area contributed by atoms with E-state index in [0.29, 0.717) is 56.6 Å². The van der Waals surface area contributed by atoms with Crippen LogP contribution < -0.4 is 23.7 Å². The van der Waals surface area contributed by atoms with Gasteiger partial charge in [0.2, 0.25) is 5.75 Å². The molecule has 0 N–H and O–H groups in total. The minimum atomic E-state index is -0.477. The number of rotatable bonds is 6. The van der Waals surface area contributed by atoms with Gasteiger partial charge in [0.25, 0.3) is 0 Å². The van der Waals surface area contributed by atoms with Gasteiger partial charge in [-0.2, -0.15) is 0 Å². The summed E-state index contributed by atoms with van der Waals surface area (Å²) in [7, 11) is 9.05. The Morgan fingerprint density at radius 1 is 0.556 bits per heavy atom. The zero-order chi connectivity index (χ0) is 26.1. The third-order valence-corrected chi connectivity index (χ3v) is 5.12. The molecule has 0 heterocycles. The van der Waals surface area contributed by atoms with Crippen LogP contribution in [0.4, 0.5) is 0 Å². The van der Waals surface area contributed by atoms with Crippen molar-refractivity contribution < 1.29 is 33.2 Å². The summed E-state index contributed by atoms with van der Waals surface area (Å²) in [5, 5.41) is 0. The summed E-state index contributed by atoms with van der Waals surface area (Å²) in [6.07, 6.45) is 0. The Morgan fingerprint density at radius 3 is 1.53 bits per heavy atom. The van der Waals surface area contributed by atoms with Crippen LogP contribution in [0, 0.1) is 23.7 Å². The summed E-state index contributed by atoms with van der Waals surface area (Å²) < 4.78 is 31.7. The van der Waals surface area contributed by atoms with E-state index in [0.717, 1.165) is 0 Å². The average molecular weight is 487 g/mol. The van der Waals surface area contributed by atoms with Gasteiger partial charge in [-0.15, -0.1) is 0 Å². The van der Waals surface area contributed by atoms with E-state index in [1.807, 2.05) is 18.2 Å². The van der Waals surface area contributed by atoms with Crippen LogP contribution in [0.3, 0.4) is 0 Å². The molecule has 0 fully saturated rings. The highest BCUT2D eigenvalue weighted by atomic mass is 16.5. The van der Waals surface area contributed by atoms with Gasteiger partial charge < -0.3 is 28.4 Å². The first-order valence-electron chi connectivity index (χ1n) is 10.8. The van der Waals surface area contributed by atoms with Gasteiger partial charge >= 0.3 is 5.97 Å². The third-order valence-electron chi connectivity index (χ3n) is 5.12. The molecule has 3 aromatic rings. The highest BCUT2D eigenvalue weighted by Gasteiger charge is 2.13. The molecule has 184 valence electrons. The van der Waals surface area contributed by atoms with Gasteiger partial charge in [-0.3, -0.25) is 0 Å². The minimum absolute atomic E-state index is 0.330. The molecule has 0 saturated carbocycles. The predicted molar refractivity (Wildman–Crippen MR) is 135 cm³/mol. The lowest BCUT2D eigenvalue weighted by Gasteiger charge is -2.12. The molecule has 0 aliphatic rings. The van der Waals surface area contributed by atoms with Gasteiger partial charge in [0.15, 0.2) is 11.5 Å². The second-order valence-electron chi connectivity index (χ2n) is 7.27. The lowest BCUT2D eigenvalue weighted by atomic mass is 10.1. The molecule has 0 bridgehead atoms. The lowest BCUT2D eigenvalue weighted by Crippen LogP contribution is -2.04. The maximum atomic E-state index is 11.9. The molecule has 7 heteroatoms. The summed E-state index contributed by atoms with van der Waals surface area (Å²) in [5.74, 6) is 14.5. The quantitative estimate of drug-likeness (QED) is 0.380. The van der Waals surface area contributed by atoms with Gasteiger partial charge in [-0.05, 0) is 48.5 Å². The Balaban J connectivity index is 1.96. The van der Waals surface area contributed by atoms with Crippen LogP contribution in [0.25, 0.3) is 0 Å². The Hall–Kier alpha value is -4.75. The van der Waals surface area contributed by atoms with Crippen molar-refractivity contribution in [2.24, 2.45) is 0 Å². The van der Waals surface area contributed by atoms with Gasteiger partial charge in [0, 0.05) is 22.3 Å². The van der Waals surface area contributed by atoms with E-state index in [1.54, 1.807) is 58.8 Å². The van der Waals surface area contributed by atoms with Crippen LogP contribution in [-0.4, -0.2) is 48.6 Å². The minimum Gasteiger partial charge on any atom is -0.497 e. The van der Waals surface area contributed by atoms with Gasteiger partial charge in [-0.25, -0.2) is 4.79 Å². The topological polar surface area (TPSA) is 72.5 Å². The van der Waals surface area contributed by atoms with E-state index >= 15 is 0 Å². The predicted octanol–water partition coefficient (Wildman–Crippen LogP) is 4.32. The lowest BCUT2D eigenvalue weighted by molar-refractivity contribution is 0.0597. The van der Waals surface area contributed by atoms with Crippen LogP contribution in [0.1, 0.15) is 32.6 Å². The summed E-state index contributed by atoms with van der Waals surface area (Å²) in [4.78, 5) is 11.9. The van der Waals surface area contributed by atoms with Crippen molar-refractivity contribution in [2.45, 2.75) is 0 Å². The molecule has 0 aromatic heterocycles. The van der Waals surface area contributed by atoms with Crippen molar-refractivity contribution in [3.63, 3.8) is 0 Å². The first kappa shape index (κ1) is 25.9. The van der Waals surface area contributed by atoms with E-state index in [-0.39, 0.29) is 0 Å². The first-order valence-corrected chi connectivity index (χ1v) is 10.8. The van der Waals surface area contributed by atoms with Crippen molar-refractivity contribution in [3.05, 3.63) is 76.3 Å². The van der Waals surface area contributed by atoms with E-state index in [1.165, 1.54) is 14.2 Å². The maximum absolute atomic E-state index is 11.9. The molecule has 0 radical (unpaired) electrons. The van der Waals surface area contributed by atoms with Crippen molar-refractivity contribution in [1.29, 1.82) is 0 Å². The number of benzene rings is 3. The monoisotopic (exact) mass is 486 g/mol. The number of methoxy groups -OCH3 is 6. The number of carbonyl (C=O) groups is 1. The average Bonchev–Trinajstić information content (AvgIpc) is 2.93. The van der Waals surface area contributed by atoms with E-state index in [4.69, 9.17) is 28.4 Å². The molecular weight excluding hydrogens is 460 g/mol. The standard InChI is InChI=1S/C29H26O7/c1-31-23-14-20(8-7-19-11-12-24(29(30)36-6)25(16-19)32-2)13-21(15-23)9-10-22-17-26(33-3)28(35-5)27(18-22)34-4/h11-18H,1-6H3. The largest absolute Gasteiger partial charge is 0.497 e. The fraction of sp³-hybridized carbons (Fsp3) is 0.207. The molecule has 0 amide bonds. The number of esters is 1. The highest BCUT2D eigenvalue weighted by molar-refractivity contribution is 5.92. The molecule has 3 aromatic carbocycles. The van der Waals surface area contributed by atoms with Crippen molar-refractivity contribution in [3.8, 4) is 52.4 Å². The number of hydrogen-bond acceptors (Lipinski definition) is 7. The normalized spacial score (nSPS) is 9.61.